The molecule has 1 nitrogen and oxygen atoms in total. The van der Waals surface area contributed by atoms with Gasteiger partial charge in [0.05, 0.1) is 5.02 Å². The summed E-state index contributed by atoms with van der Waals surface area (Å²) < 4.78 is 0. The van der Waals surface area contributed by atoms with Crippen molar-refractivity contribution >= 4 is 17.7 Å². The Hall–Kier alpha value is -0.790. The highest BCUT2D eigenvalue weighted by molar-refractivity contribution is 6.32. The Bertz CT molecular complexity index is 305. The van der Waals surface area contributed by atoms with Crippen LogP contribution in [0.5, 0.6) is 0 Å². The maximum atomic E-state index is 6.09. The van der Waals surface area contributed by atoms with E-state index in [9.17, 15) is 0 Å². The van der Waals surface area contributed by atoms with Crippen LogP contribution in [0.25, 0.3) is 6.08 Å². The van der Waals surface area contributed by atoms with Crippen LogP contribution in [-0.4, -0.2) is 6.54 Å². The molecule has 1 aromatic rings. The highest BCUT2D eigenvalue weighted by Gasteiger charge is 1.97. The van der Waals surface area contributed by atoms with Crippen molar-refractivity contribution in [2.24, 2.45) is 5.73 Å². The largest absolute Gasteiger partial charge is 0.330 e. The lowest BCUT2D eigenvalue weighted by atomic mass is 10.1. The summed E-state index contributed by atoms with van der Waals surface area (Å²) in [6, 6.07) is 6.01. The molecule has 0 spiro atoms. The van der Waals surface area contributed by atoms with E-state index in [2.05, 4.69) is 0 Å². The van der Waals surface area contributed by atoms with Crippen LogP contribution >= 0.6 is 11.6 Å². The molecule has 0 heterocycles. The maximum Gasteiger partial charge on any atom is 0.0507 e. The van der Waals surface area contributed by atoms with Gasteiger partial charge in [-0.15, -0.1) is 0 Å². The molecule has 0 radical (unpaired) electrons. The van der Waals surface area contributed by atoms with Gasteiger partial charge in [0.25, 0.3) is 0 Å². The van der Waals surface area contributed by atoms with Crippen LogP contribution < -0.4 is 5.73 Å². The first-order valence-electron chi connectivity index (χ1n) is 4.37. The normalized spacial score (nSPS) is 11.0. The SMILES string of the molecule is Cc1cccc(C=CCCN)c1Cl. The summed E-state index contributed by atoms with van der Waals surface area (Å²) in [6.07, 6.45) is 4.95. The lowest BCUT2D eigenvalue weighted by Gasteiger charge is -2.00. The molecule has 0 saturated carbocycles. The third kappa shape index (κ3) is 2.87. The number of aryl methyl sites for hydroxylation is 1. The summed E-state index contributed by atoms with van der Waals surface area (Å²) in [7, 11) is 0. The first-order valence-corrected chi connectivity index (χ1v) is 4.75. The number of hydrogen-bond donors (Lipinski definition) is 1. The molecule has 0 atom stereocenters. The quantitative estimate of drug-likeness (QED) is 0.789. The van der Waals surface area contributed by atoms with Gasteiger partial charge in [0.2, 0.25) is 0 Å². The van der Waals surface area contributed by atoms with E-state index in [1.54, 1.807) is 0 Å². The van der Waals surface area contributed by atoms with Crippen molar-refractivity contribution in [3.05, 3.63) is 40.4 Å². The van der Waals surface area contributed by atoms with Gasteiger partial charge in [-0.1, -0.05) is 42.0 Å². The van der Waals surface area contributed by atoms with E-state index in [-0.39, 0.29) is 0 Å². The monoisotopic (exact) mass is 195 g/mol. The van der Waals surface area contributed by atoms with Gasteiger partial charge < -0.3 is 5.73 Å². The van der Waals surface area contributed by atoms with Gasteiger partial charge in [0.15, 0.2) is 0 Å². The van der Waals surface area contributed by atoms with E-state index < -0.39 is 0 Å². The molecule has 70 valence electrons. The minimum atomic E-state index is 0.680. The van der Waals surface area contributed by atoms with Gasteiger partial charge in [-0.3, -0.25) is 0 Å². The fourth-order valence-corrected chi connectivity index (χ4v) is 1.29. The van der Waals surface area contributed by atoms with E-state index in [1.807, 2.05) is 37.3 Å². The van der Waals surface area contributed by atoms with Crippen molar-refractivity contribution in [3.63, 3.8) is 0 Å². The molecule has 0 amide bonds. The van der Waals surface area contributed by atoms with Crippen molar-refractivity contribution in [1.29, 1.82) is 0 Å². The molecule has 0 aromatic heterocycles. The van der Waals surface area contributed by atoms with E-state index in [0.717, 1.165) is 22.6 Å². The Morgan fingerprint density at radius 3 is 2.92 bits per heavy atom. The van der Waals surface area contributed by atoms with Crippen LogP contribution in [0.3, 0.4) is 0 Å². The Morgan fingerprint density at radius 1 is 1.46 bits per heavy atom. The predicted octanol–water partition coefficient (Wildman–Crippen LogP) is 3.01. The minimum absolute atomic E-state index is 0.680. The minimum Gasteiger partial charge on any atom is -0.330 e. The van der Waals surface area contributed by atoms with E-state index >= 15 is 0 Å². The average molecular weight is 196 g/mol. The van der Waals surface area contributed by atoms with Gasteiger partial charge in [-0.25, -0.2) is 0 Å². The molecule has 0 fully saturated rings. The number of rotatable bonds is 3. The second-order valence-corrected chi connectivity index (χ2v) is 3.34. The Labute approximate surface area is 84.2 Å². The molecular weight excluding hydrogens is 182 g/mol. The first kappa shape index (κ1) is 10.3. The molecule has 0 aliphatic heterocycles. The standard InChI is InChI=1S/C11H14ClN/c1-9-5-4-7-10(11(9)12)6-2-3-8-13/h2,4-7H,3,8,13H2,1H3. The Kier molecular flexibility index (Phi) is 4.00. The number of hydrogen-bond acceptors (Lipinski definition) is 1. The zero-order chi connectivity index (χ0) is 9.68. The summed E-state index contributed by atoms with van der Waals surface area (Å²) in [5.74, 6) is 0. The van der Waals surface area contributed by atoms with Crippen LogP contribution in [-0.2, 0) is 0 Å². The van der Waals surface area contributed by atoms with Crippen molar-refractivity contribution < 1.29 is 0 Å². The lowest BCUT2D eigenvalue weighted by Crippen LogP contribution is -1.95. The van der Waals surface area contributed by atoms with Crippen molar-refractivity contribution in [2.45, 2.75) is 13.3 Å². The van der Waals surface area contributed by atoms with Crippen molar-refractivity contribution in [3.8, 4) is 0 Å². The van der Waals surface area contributed by atoms with Crippen molar-refractivity contribution in [1.82, 2.24) is 0 Å². The first-order chi connectivity index (χ1) is 6.25. The second-order valence-electron chi connectivity index (χ2n) is 2.96. The fraction of sp³-hybridized carbons (Fsp3) is 0.273. The summed E-state index contributed by atoms with van der Waals surface area (Å²) in [4.78, 5) is 0. The summed E-state index contributed by atoms with van der Waals surface area (Å²) in [6.45, 7) is 2.68. The molecule has 0 aliphatic rings. The third-order valence-electron chi connectivity index (χ3n) is 1.85. The zero-order valence-electron chi connectivity index (χ0n) is 7.76. The van der Waals surface area contributed by atoms with Gasteiger partial charge in [-0.2, -0.15) is 0 Å². The second kappa shape index (κ2) is 5.05. The van der Waals surface area contributed by atoms with Gasteiger partial charge in [0, 0.05) is 0 Å². The summed E-state index contributed by atoms with van der Waals surface area (Å²) in [5.41, 5.74) is 7.55. The molecule has 0 aliphatic carbocycles. The molecule has 0 unspecified atom stereocenters. The lowest BCUT2D eigenvalue weighted by molar-refractivity contribution is 1.01. The Morgan fingerprint density at radius 2 is 2.23 bits per heavy atom. The predicted molar refractivity (Wildman–Crippen MR) is 58.9 cm³/mol. The van der Waals surface area contributed by atoms with Crippen LogP contribution in [0.2, 0.25) is 5.02 Å². The number of benzene rings is 1. The molecule has 0 saturated heterocycles. The summed E-state index contributed by atoms with van der Waals surface area (Å²) >= 11 is 6.09. The van der Waals surface area contributed by atoms with E-state index in [0.29, 0.717) is 6.54 Å². The topological polar surface area (TPSA) is 26.0 Å². The third-order valence-corrected chi connectivity index (χ3v) is 2.37. The smallest absolute Gasteiger partial charge is 0.0507 e. The average Bonchev–Trinajstić information content (AvgIpc) is 2.13. The Balaban J connectivity index is 2.83. The van der Waals surface area contributed by atoms with Crippen LogP contribution in [0.15, 0.2) is 24.3 Å². The molecule has 2 N–H and O–H groups in total. The number of nitrogens with two attached hydrogens (primary N) is 1. The zero-order valence-corrected chi connectivity index (χ0v) is 8.51. The van der Waals surface area contributed by atoms with E-state index in [4.69, 9.17) is 17.3 Å². The van der Waals surface area contributed by atoms with Crippen LogP contribution in [0.4, 0.5) is 0 Å². The highest BCUT2D eigenvalue weighted by atomic mass is 35.5. The van der Waals surface area contributed by atoms with Crippen LogP contribution in [0.1, 0.15) is 17.5 Å². The van der Waals surface area contributed by atoms with Gasteiger partial charge in [0.1, 0.15) is 0 Å². The van der Waals surface area contributed by atoms with E-state index in [1.165, 1.54) is 0 Å². The molecule has 13 heavy (non-hydrogen) atoms. The molecule has 0 bridgehead atoms. The molecule has 1 rings (SSSR count). The highest BCUT2D eigenvalue weighted by Crippen LogP contribution is 2.21. The number of halogens is 1. The van der Waals surface area contributed by atoms with Crippen molar-refractivity contribution in [2.75, 3.05) is 6.54 Å². The van der Waals surface area contributed by atoms with Crippen LogP contribution in [0, 0.1) is 6.92 Å². The van der Waals surface area contributed by atoms with Gasteiger partial charge in [-0.05, 0) is 31.0 Å². The molecule has 1 aromatic carbocycles. The molecule has 2 heteroatoms. The fourth-order valence-electron chi connectivity index (χ4n) is 1.11. The van der Waals surface area contributed by atoms with Gasteiger partial charge >= 0.3 is 0 Å². The maximum absolute atomic E-state index is 6.09. The summed E-state index contributed by atoms with van der Waals surface area (Å²) in [5, 5.41) is 0.829. The molecular formula is C11H14ClN.